The van der Waals surface area contributed by atoms with E-state index >= 15 is 0 Å². The molecule has 0 atom stereocenters. The molecular formula is C10H9ClN2O2S. The fraction of sp³-hybridized carbons (Fsp3) is 0.100. The van der Waals surface area contributed by atoms with E-state index in [-0.39, 0.29) is 4.90 Å². The summed E-state index contributed by atoms with van der Waals surface area (Å²) >= 11 is 0. The highest BCUT2D eigenvalue weighted by Gasteiger charge is 2.09. The Balaban J connectivity index is 2.30. The van der Waals surface area contributed by atoms with Crippen molar-refractivity contribution >= 4 is 19.7 Å². The molecule has 0 aliphatic heterocycles. The van der Waals surface area contributed by atoms with E-state index in [9.17, 15) is 8.42 Å². The molecule has 1 heterocycles. The number of hydrogen-bond donors (Lipinski definition) is 0. The van der Waals surface area contributed by atoms with Gasteiger partial charge in [-0.2, -0.15) is 0 Å². The summed E-state index contributed by atoms with van der Waals surface area (Å²) in [7, 11) is 1.61. The maximum atomic E-state index is 11.1. The van der Waals surface area contributed by atoms with E-state index in [0.29, 0.717) is 6.54 Å². The quantitative estimate of drug-likeness (QED) is 0.788. The van der Waals surface area contributed by atoms with E-state index in [4.69, 9.17) is 10.7 Å². The predicted octanol–water partition coefficient (Wildman–Crippen LogP) is 1.86. The number of rotatable bonds is 3. The van der Waals surface area contributed by atoms with Crippen LogP contribution in [0.15, 0.2) is 47.9 Å². The summed E-state index contributed by atoms with van der Waals surface area (Å²) < 4.78 is 24.1. The van der Waals surface area contributed by atoms with Crippen LogP contribution in [-0.2, 0) is 15.6 Å². The minimum atomic E-state index is -3.66. The molecule has 84 valence electrons. The third-order valence-corrected chi connectivity index (χ3v) is 3.46. The topological polar surface area (TPSA) is 52.0 Å². The van der Waals surface area contributed by atoms with E-state index in [1.807, 2.05) is 16.8 Å². The van der Waals surface area contributed by atoms with Gasteiger partial charge < -0.3 is 4.57 Å². The average Bonchev–Trinajstić information content (AvgIpc) is 2.70. The lowest BCUT2D eigenvalue weighted by Gasteiger charge is -2.03. The first-order valence-corrected chi connectivity index (χ1v) is 6.86. The van der Waals surface area contributed by atoms with Gasteiger partial charge in [0, 0.05) is 29.6 Å². The fourth-order valence-electron chi connectivity index (χ4n) is 1.39. The van der Waals surface area contributed by atoms with Crippen LogP contribution in [0.25, 0.3) is 0 Å². The Labute approximate surface area is 97.9 Å². The summed E-state index contributed by atoms with van der Waals surface area (Å²) in [6.07, 6.45) is 5.14. The van der Waals surface area contributed by atoms with Crippen molar-refractivity contribution in [3.8, 4) is 0 Å². The lowest BCUT2D eigenvalue weighted by molar-refractivity contribution is 0.609. The summed E-state index contributed by atoms with van der Waals surface area (Å²) in [6.45, 7) is 0.570. The zero-order chi connectivity index (χ0) is 11.6. The maximum Gasteiger partial charge on any atom is 0.261 e. The van der Waals surface area contributed by atoms with Gasteiger partial charge in [0.25, 0.3) is 9.05 Å². The van der Waals surface area contributed by atoms with Crippen LogP contribution in [0.2, 0.25) is 0 Å². The lowest BCUT2D eigenvalue weighted by atomic mass is 10.2. The van der Waals surface area contributed by atoms with E-state index in [2.05, 4.69) is 4.98 Å². The van der Waals surface area contributed by atoms with Gasteiger partial charge in [0.2, 0.25) is 0 Å². The second-order valence-electron chi connectivity index (χ2n) is 3.32. The molecule has 0 fully saturated rings. The molecule has 0 aliphatic carbocycles. The molecule has 2 aromatic rings. The van der Waals surface area contributed by atoms with E-state index in [1.165, 1.54) is 6.07 Å². The van der Waals surface area contributed by atoms with Gasteiger partial charge in [-0.3, -0.25) is 0 Å². The number of imidazole rings is 1. The molecule has 0 spiro atoms. The Morgan fingerprint density at radius 3 is 2.81 bits per heavy atom. The molecular weight excluding hydrogens is 248 g/mol. The predicted molar refractivity (Wildman–Crippen MR) is 60.8 cm³/mol. The second-order valence-corrected chi connectivity index (χ2v) is 5.89. The Hall–Kier alpha value is -1.33. The van der Waals surface area contributed by atoms with Crippen molar-refractivity contribution in [2.75, 3.05) is 0 Å². The molecule has 1 aromatic carbocycles. The number of aromatic nitrogens is 2. The second kappa shape index (κ2) is 4.27. The monoisotopic (exact) mass is 256 g/mol. The van der Waals surface area contributed by atoms with E-state index in [0.717, 1.165) is 5.56 Å². The molecule has 0 saturated carbocycles. The number of nitrogens with zero attached hydrogens (tertiary/aromatic N) is 2. The molecule has 0 radical (unpaired) electrons. The standard InChI is InChI=1S/C10H9ClN2O2S/c11-16(14,15)10-3-1-2-9(6-10)7-13-5-4-12-8-13/h1-6,8H,7H2. The van der Waals surface area contributed by atoms with Gasteiger partial charge in [-0.1, -0.05) is 12.1 Å². The van der Waals surface area contributed by atoms with Crippen LogP contribution in [0.1, 0.15) is 5.56 Å². The molecule has 0 aliphatic rings. The van der Waals surface area contributed by atoms with Crippen molar-refractivity contribution in [2.45, 2.75) is 11.4 Å². The summed E-state index contributed by atoms with van der Waals surface area (Å²) in [6, 6.07) is 6.54. The average molecular weight is 257 g/mol. The van der Waals surface area contributed by atoms with E-state index < -0.39 is 9.05 Å². The normalized spacial score (nSPS) is 11.6. The third-order valence-electron chi connectivity index (χ3n) is 2.10. The minimum Gasteiger partial charge on any atom is -0.333 e. The maximum absolute atomic E-state index is 11.1. The van der Waals surface area contributed by atoms with E-state index in [1.54, 1.807) is 24.7 Å². The van der Waals surface area contributed by atoms with Crippen molar-refractivity contribution in [1.29, 1.82) is 0 Å². The largest absolute Gasteiger partial charge is 0.333 e. The fourth-order valence-corrected chi connectivity index (χ4v) is 2.21. The van der Waals surface area contributed by atoms with Gasteiger partial charge in [0.05, 0.1) is 11.2 Å². The SMILES string of the molecule is O=S(=O)(Cl)c1cccc(Cn2ccnc2)c1. The highest BCUT2D eigenvalue weighted by molar-refractivity contribution is 8.13. The van der Waals surface area contributed by atoms with Crippen molar-refractivity contribution in [2.24, 2.45) is 0 Å². The van der Waals surface area contributed by atoms with Gasteiger partial charge in [-0.05, 0) is 17.7 Å². The molecule has 6 heteroatoms. The molecule has 16 heavy (non-hydrogen) atoms. The molecule has 0 saturated heterocycles. The molecule has 4 nitrogen and oxygen atoms in total. The van der Waals surface area contributed by atoms with Gasteiger partial charge in [0.15, 0.2) is 0 Å². The Kier molecular flexibility index (Phi) is 2.98. The van der Waals surface area contributed by atoms with Crippen LogP contribution in [-0.4, -0.2) is 18.0 Å². The van der Waals surface area contributed by atoms with Crippen LogP contribution in [0.3, 0.4) is 0 Å². The summed E-state index contributed by atoms with van der Waals surface area (Å²) in [5, 5.41) is 0. The van der Waals surface area contributed by atoms with Crippen molar-refractivity contribution in [3.63, 3.8) is 0 Å². The van der Waals surface area contributed by atoms with Gasteiger partial charge >= 0.3 is 0 Å². The van der Waals surface area contributed by atoms with Crippen molar-refractivity contribution < 1.29 is 8.42 Å². The third kappa shape index (κ3) is 2.62. The van der Waals surface area contributed by atoms with Crippen LogP contribution in [0.5, 0.6) is 0 Å². The minimum absolute atomic E-state index is 0.117. The highest BCUT2D eigenvalue weighted by Crippen LogP contribution is 2.16. The first-order valence-electron chi connectivity index (χ1n) is 4.55. The van der Waals surface area contributed by atoms with Crippen molar-refractivity contribution in [1.82, 2.24) is 9.55 Å². The zero-order valence-corrected chi connectivity index (χ0v) is 9.82. The first kappa shape index (κ1) is 11.2. The number of benzene rings is 1. The van der Waals surface area contributed by atoms with Crippen LogP contribution in [0.4, 0.5) is 0 Å². The lowest BCUT2D eigenvalue weighted by Crippen LogP contribution is -1.98. The van der Waals surface area contributed by atoms with Gasteiger partial charge in [-0.15, -0.1) is 0 Å². The first-order chi connectivity index (χ1) is 7.55. The number of hydrogen-bond acceptors (Lipinski definition) is 3. The van der Waals surface area contributed by atoms with Gasteiger partial charge in [0.1, 0.15) is 0 Å². The Bertz CT molecular complexity index is 579. The molecule has 0 amide bonds. The summed E-state index contributed by atoms with van der Waals surface area (Å²) in [5.41, 5.74) is 0.861. The van der Waals surface area contributed by atoms with Crippen molar-refractivity contribution in [3.05, 3.63) is 48.5 Å². The smallest absolute Gasteiger partial charge is 0.261 e. The molecule has 1 aromatic heterocycles. The Morgan fingerprint density at radius 1 is 1.38 bits per heavy atom. The summed E-state index contributed by atoms with van der Waals surface area (Å²) in [5.74, 6) is 0. The zero-order valence-electron chi connectivity index (χ0n) is 8.25. The Morgan fingerprint density at radius 2 is 2.19 bits per heavy atom. The molecule has 0 bridgehead atoms. The molecule has 0 N–H and O–H groups in total. The molecule has 2 rings (SSSR count). The number of halogens is 1. The highest BCUT2D eigenvalue weighted by atomic mass is 35.7. The van der Waals surface area contributed by atoms with Crippen LogP contribution < -0.4 is 0 Å². The van der Waals surface area contributed by atoms with Gasteiger partial charge in [-0.25, -0.2) is 13.4 Å². The summed E-state index contributed by atoms with van der Waals surface area (Å²) in [4.78, 5) is 4.03. The molecule has 0 unspecified atom stereocenters. The van der Waals surface area contributed by atoms with Crippen LogP contribution >= 0.6 is 10.7 Å². The van der Waals surface area contributed by atoms with Crippen LogP contribution in [0, 0.1) is 0 Å².